The van der Waals surface area contributed by atoms with Crippen LogP contribution in [0.25, 0.3) is 11.0 Å². The van der Waals surface area contributed by atoms with E-state index in [1.54, 1.807) is 18.2 Å². The van der Waals surface area contributed by atoms with Crippen molar-refractivity contribution < 1.29 is 22.4 Å². The Morgan fingerprint density at radius 2 is 2.10 bits per heavy atom. The summed E-state index contributed by atoms with van der Waals surface area (Å²) in [6, 6.07) is 5.25. The third kappa shape index (κ3) is 3.43. The molecule has 1 heterocycles. The summed E-state index contributed by atoms with van der Waals surface area (Å²) >= 11 is 0. The summed E-state index contributed by atoms with van der Waals surface area (Å²) in [4.78, 5) is 11.8. The van der Waals surface area contributed by atoms with Gasteiger partial charge in [-0.05, 0) is 31.2 Å². The molecule has 0 aliphatic heterocycles. The maximum atomic E-state index is 12.2. The van der Waals surface area contributed by atoms with Crippen molar-refractivity contribution in [2.75, 3.05) is 5.73 Å². The van der Waals surface area contributed by atoms with E-state index in [4.69, 9.17) is 10.2 Å². The number of alkyl halides is 3. The topological polar surface area (TPSA) is 68.3 Å². The van der Waals surface area contributed by atoms with Gasteiger partial charge in [-0.15, -0.1) is 0 Å². The first-order valence-electron chi connectivity index (χ1n) is 5.91. The molecule has 2 aromatic rings. The highest BCUT2D eigenvalue weighted by atomic mass is 19.4. The fourth-order valence-electron chi connectivity index (χ4n) is 1.87. The Morgan fingerprint density at radius 1 is 1.40 bits per heavy atom. The number of carbonyl (C=O) groups excluding carboxylic acids is 1. The molecule has 7 heteroatoms. The predicted octanol–water partition coefficient (Wildman–Crippen LogP) is 3.09. The van der Waals surface area contributed by atoms with Crippen LogP contribution in [0.3, 0.4) is 0 Å². The van der Waals surface area contributed by atoms with Crippen molar-refractivity contribution in [3.8, 4) is 0 Å². The Balaban J connectivity index is 2.11. The van der Waals surface area contributed by atoms with Gasteiger partial charge in [-0.2, -0.15) is 13.2 Å². The molecular weight excluding hydrogens is 273 g/mol. The fraction of sp³-hybridized carbons (Fsp3) is 0.308. The highest BCUT2D eigenvalue weighted by molar-refractivity contribution is 5.96. The lowest BCUT2D eigenvalue weighted by molar-refractivity contribution is -0.138. The first-order chi connectivity index (χ1) is 9.24. The quantitative estimate of drug-likeness (QED) is 0.852. The van der Waals surface area contributed by atoms with Crippen LogP contribution in [0.5, 0.6) is 0 Å². The van der Waals surface area contributed by atoms with Crippen molar-refractivity contribution in [1.82, 2.24) is 5.32 Å². The third-order valence-corrected chi connectivity index (χ3v) is 2.68. The fourth-order valence-corrected chi connectivity index (χ4v) is 1.87. The van der Waals surface area contributed by atoms with Crippen molar-refractivity contribution in [2.45, 2.75) is 25.6 Å². The molecule has 20 heavy (non-hydrogen) atoms. The number of amides is 1. The maximum absolute atomic E-state index is 12.2. The summed E-state index contributed by atoms with van der Waals surface area (Å²) in [5.41, 5.74) is 6.55. The van der Waals surface area contributed by atoms with Gasteiger partial charge >= 0.3 is 6.18 Å². The molecule has 3 N–H and O–H groups in total. The molecule has 4 nitrogen and oxygen atoms in total. The summed E-state index contributed by atoms with van der Waals surface area (Å²) in [6.45, 7) is 1.28. The largest absolute Gasteiger partial charge is 0.451 e. The molecule has 0 aliphatic rings. The van der Waals surface area contributed by atoms with E-state index in [0.29, 0.717) is 16.7 Å². The smallest absolute Gasteiger partial charge is 0.391 e. The number of benzene rings is 1. The average Bonchev–Trinajstić information content (AvgIpc) is 2.68. The SMILES string of the molecule is CC(CC(F)(F)F)NC(=O)c1cc2cc(N)ccc2o1. The van der Waals surface area contributed by atoms with E-state index in [9.17, 15) is 18.0 Å². The molecule has 1 atom stereocenters. The molecule has 0 saturated carbocycles. The lowest BCUT2D eigenvalue weighted by Gasteiger charge is -2.14. The second kappa shape index (κ2) is 5.07. The van der Waals surface area contributed by atoms with Crippen LogP contribution in [-0.2, 0) is 0 Å². The van der Waals surface area contributed by atoms with Gasteiger partial charge in [0.15, 0.2) is 5.76 Å². The number of furan rings is 1. The highest BCUT2D eigenvalue weighted by Gasteiger charge is 2.31. The summed E-state index contributed by atoms with van der Waals surface area (Å²) in [6.07, 6.45) is -5.42. The van der Waals surface area contributed by atoms with E-state index < -0.39 is 24.5 Å². The zero-order valence-corrected chi connectivity index (χ0v) is 10.6. The Hall–Kier alpha value is -2.18. The molecule has 108 valence electrons. The van der Waals surface area contributed by atoms with E-state index in [1.807, 2.05) is 0 Å². The number of anilines is 1. The van der Waals surface area contributed by atoms with Crippen LogP contribution in [0.15, 0.2) is 28.7 Å². The van der Waals surface area contributed by atoms with E-state index in [-0.39, 0.29) is 5.76 Å². The minimum atomic E-state index is -4.32. The van der Waals surface area contributed by atoms with Gasteiger partial charge in [0.25, 0.3) is 5.91 Å². The number of rotatable bonds is 3. The standard InChI is InChI=1S/C13H13F3N2O2/c1-7(6-13(14,15)16)18-12(19)11-5-8-4-9(17)2-3-10(8)20-11/h2-5,7H,6,17H2,1H3,(H,18,19). The highest BCUT2D eigenvalue weighted by Crippen LogP contribution is 2.23. The predicted molar refractivity (Wildman–Crippen MR) is 68.2 cm³/mol. The van der Waals surface area contributed by atoms with Crippen molar-refractivity contribution >= 4 is 22.6 Å². The van der Waals surface area contributed by atoms with Gasteiger partial charge in [0.2, 0.25) is 0 Å². The molecule has 1 aromatic carbocycles. The minimum Gasteiger partial charge on any atom is -0.451 e. The van der Waals surface area contributed by atoms with Crippen LogP contribution in [0.1, 0.15) is 23.9 Å². The molecule has 0 fully saturated rings. The number of hydrogen-bond acceptors (Lipinski definition) is 3. The second-order valence-corrected chi connectivity index (χ2v) is 4.60. The molecule has 0 aliphatic carbocycles. The van der Waals surface area contributed by atoms with Gasteiger partial charge in [0.05, 0.1) is 6.42 Å². The molecule has 1 aromatic heterocycles. The van der Waals surface area contributed by atoms with Gasteiger partial charge < -0.3 is 15.5 Å². The van der Waals surface area contributed by atoms with Gasteiger partial charge in [0, 0.05) is 17.1 Å². The van der Waals surface area contributed by atoms with Gasteiger partial charge in [-0.25, -0.2) is 0 Å². The minimum absolute atomic E-state index is 0.0420. The average molecular weight is 286 g/mol. The number of nitrogen functional groups attached to an aromatic ring is 1. The van der Waals surface area contributed by atoms with Crippen LogP contribution >= 0.6 is 0 Å². The van der Waals surface area contributed by atoms with Crippen LogP contribution in [-0.4, -0.2) is 18.1 Å². The third-order valence-electron chi connectivity index (χ3n) is 2.68. The monoisotopic (exact) mass is 286 g/mol. The maximum Gasteiger partial charge on any atom is 0.391 e. The van der Waals surface area contributed by atoms with E-state index >= 15 is 0 Å². The molecule has 1 unspecified atom stereocenters. The zero-order chi connectivity index (χ0) is 14.9. The summed E-state index contributed by atoms with van der Waals surface area (Å²) in [5, 5.41) is 2.87. The Labute approximate surface area is 112 Å². The Morgan fingerprint density at radius 3 is 2.75 bits per heavy atom. The lowest BCUT2D eigenvalue weighted by atomic mass is 10.2. The molecule has 0 bridgehead atoms. The number of halogens is 3. The van der Waals surface area contributed by atoms with Crippen LogP contribution in [0.2, 0.25) is 0 Å². The first-order valence-corrected chi connectivity index (χ1v) is 5.91. The molecule has 0 radical (unpaired) electrons. The van der Waals surface area contributed by atoms with E-state index in [1.165, 1.54) is 13.0 Å². The van der Waals surface area contributed by atoms with Crippen LogP contribution < -0.4 is 11.1 Å². The molecule has 0 spiro atoms. The number of nitrogens with one attached hydrogen (secondary N) is 1. The number of nitrogens with two attached hydrogens (primary N) is 1. The van der Waals surface area contributed by atoms with Gasteiger partial charge in [0.1, 0.15) is 5.58 Å². The normalized spacial score (nSPS) is 13.4. The van der Waals surface area contributed by atoms with Crippen molar-refractivity contribution in [1.29, 1.82) is 0 Å². The van der Waals surface area contributed by atoms with Crippen LogP contribution in [0.4, 0.5) is 18.9 Å². The number of carbonyl (C=O) groups is 1. The van der Waals surface area contributed by atoms with Gasteiger partial charge in [-0.1, -0.05) is 0 Å². The van der Waals surface area contributed by atoms with Crippen molar-refractivity contribution in [2.24, 2.45) is 0 Å². The molecule has 0 saturated heterocycles. The van der Waals surface area contributed by atoms with E-state index in [0.717, 1.165) is 0 Å². The lowest BCUT2D eigenvalue weighted by Crippen LogP contribution is -2.35. The summed E-state index contributed by atoms with van der Waals surface area (Å²) in [7, 11) is 0. The number of hydrogen-bond donors (Lipinski definition) is 2. The second-order valence-electron chi connectivity index (χ2n) is 4.60. The number of fused-ring (bicyclic) bond motifs is 1. The zero-order valence-electron chi connectivity index (χ0n) is 10.6. The van der Waals surface area contributed by atoms with E-state index in [2.05, 4.69) is 5.32 Å². The van der Waals surface area contributed by atoms with Crippen molar-refractivity contribution in [3.05, 3.63) is 30.0 Å². The first kappa shape index (κ1) is 14.2. The van der Waals surface area contributed by atoms with Crippen LogP contribution in [0, 0.1) is 0 Å². The van der Waals surface area contributed by atoms with Crippen molar-refractivity contribution in [3.63, 3.8) is 0 Å². The Kier molecular flexibility index (Phi) is 3.61. The Bertz CT molecular complexity index is 634. The molecule has 1 amide bonds. The summed E-state index contributed by atoms with van der Waals surface area (Å²) < 4.78 is 41.8. The molecular formula is C13H13F3N2O2. The molecule has 2 rings (SSSR count). The van der Waals surface area contributed by atoms with Gasteiger partial charge in [-0.3, -0.25) is 4.79 Å². The summed E-state index contributed by atoms with van der Waals surface area (Å²) in [5.74, 6) is -0.726.